The zero-order chi connectivity index (χ0) is 13.2. The molecule has 1 aliphatic carbocycles. The lowest BCUT2D eigenvalue weighted by Crippen LogP contribution is -2.47. The van der Waals surface area contributed by atoms with Crippen LogP contribution in [0.3, 0.4) is 0 Å². The van der Waals surface area contributed by atoms with Gasteiger partial charge in [0.15, 0.2) is 0 Å². The van der Waals surface area contributed by atoms with Crippen LogP contribution in [0.4, 0.5) is 0 Å². The van der Waals surface area contributed by atoms with E-state index in [9.17, 15) is 0 Å². The van der Waals surface area contributed by atoms with Crippen molar-refractivity contribution in [3.8, 4) is 0 Å². The lowest BCUT2D eigenvalue weighted by Gasteiger charge is -2.40. The van der Waals surface area contributed by atoms with Gasteiger partial charge < -0.3 is 10.2 Å². The van der Waals surface area contributed by atoms with Gasteiger partial charge in [-0.3, -0.25) is 0 Å². The van der Waals surface area contributed by atoms with E-state index in [1.165, 1.54) is 51.7 Å². The summed E-state index contributed by atoms with van der Waals surface area (Å²) in [4.78, 5) is 2.62. The van der Waals surface area contributed by atoms with E-state index in [1.54, 1.807) is 0 Å². The van der Waals surface area contributed by atoms with Crippen LogP contribution in [0.15, 0.2) is 0 Å². The Kier molecular flexibility index (Phi) is 4.71. The molecule has 1 heterocycles. The van der Waals surface area contributed by atoms with Gasteiger partial charge in [0, 0.05) is 18.6 Å². The smallest absolute Gasteiger partial charge is 0.0169 e. The van der Waals surface area contributed by atoms with Gasteiger partial charge in [-0.2, -0.15) is 0 Å². The van der Waals surface area contributed by atoms with Gasteiger partial charge in [-0.1, -0.05) is 20.8 Å². The summed E-state index contributed by atoms with van der Waals surface area (Å²) in [5.74, 6) is 0.880. The van der Waals surface area contributed by atoms with Crippen molar-refractivity contribution in [1.29, 1.82) is 0 Å². The molecule has 0 bridgehead atoms. The van der Waals surface area contributed by atoms with Crippen molar-refractivity contribution >= 4 is 0 Å². The van der Waals surface area contributed by atoms with Crippen molar-refractivity contribution in [2.45, 2.75) is 71.9 Å². The molecule has 1 N–H and O–H groups in total. The lowest BCUT2D eigenvalue weighted by atomic mass is 9.70. The minimum absolute atomic E-state index is 0.530. The van der Waals surface area contributed by atoms with Crippen molar-refractivity contribution in [2.24, 2.45) is 11.3 Å². The van der Waals surface area contributed by atoms with E-state index in [-0.39, 0.29) is 0 Å². The fraction of sp³-hybridized carbons (Fsp3) is 1.00. The fourth-order valence-electron chi connectivity index (χ4n) is 4.28. The summed E-state index contributed by atoms with van der Waals surface area (Å²) in [6.45, 7) is 13.5. The van der Waals surface area contributed by atoms with Crippen LogP contribution in [0.2, 0.25) is 0 Å². The standard InChI is InChI=1S/C16H32N2/c1-13-9-15(11-16(3,4)10-13)17-14(2)12-18-7-5-6-8-18/h13-15,17H,5-12H2,1-4H3. The maximum Gasteiger partial charge on any atom is 0.0169 e. The minimum atomic E-state index is 0.530. The third kappa shape index (κ3) is 4.24. The molecule has 0 aromatic rings. The number of nitrogens with one attached hydrogen (secondary N) is 1. The number of hydrogen-bond donors (Lipinski definition) is 1. The van der Waals surface area contributed by atoms with Gasteiger partial charge in [0.1, 0.15) is 0 Å². The number of nitrogens with zero attached hydrogens (tertiary/aromatic N) is 1. The molecule has 0 aromatic carbocycles. The molecule has 1 aliphatic heterocycles. The van der Waals surface area contributed by atoms with Gasteiger partial charge in [0.25, 0.3) is 0 Å². The highest BCUT2D eigenvalue weighted by Gasteiger charge is 2.32. The van der Waals surface area contributed by atoms with Crippen LogP contribution >= 0.6 is 0 Å². The molecule has 2 nitrogen and oxygen atoms in total. The van der Waals surface area contributed by atoms with Gasteiger partial charge in [-0.05, 0) is 63.5 Å². The zero-order valence-corrected chi connectivity index (χ0v) is 12.8. The first-order chi connectivity index (χ1) is 8.44. The van der Waals surface area contributed by atoms with E-state index in [0.29, 0.717) is 11.5 Å². The van der Waals surface area contributed by atoms with Crippen molar-refractivity contribution in [3.63, 3.8) is 0 Å². The second kappa shape index (κ2) is 5.92. The van der Waals surface area contributed by atoms with Crippen molar-refractivity contribution < 1.29 is 0 Å². The molecule has 106 valence electrons. The normalized spacial score (nSPS) is 34.7. The van der Waals surface area contributed by atoms with Gasteiger partial charge in [0.2, 0.25) is 0 Å². The van der Waals surface area contributed by atoms with Crippen LogP contribution in [0.25, 0.3) is 0 Å². The summed E-state index contributed by atoms with van der Waals surface area (Å²) in [6, 6.07) is 1.38. The molecule has 1 saturated heterocycles. The van der Waals surface area contributed by atoms with Crippen molar-refractivity contribution in [2.75, 3.05) is 19.6 Å². The monoisotopic (exact) mass is 252 g/mol. The molecule has 2 heteroatoms. The SMILES string of the molecule is CC1CC(NC(C)CN2CCCC2)CC(C)(C)C1. The van der Waals surface area contributed by atoms with E-state index in [4.69, 9.17) is 0 Å². The van der Waals surface area contributed by atoms with E-state index in [0.717, 1.165) is 12.0 Å². The van der Waals surface area contributed by atoms with Gasteiger partial charge in [0.05, 0.1) is 0 Å². The summed E-state index contributed by atoms with van der Waals surface area (Å²) < 4.78 is 0. The first-order valence-corrected chi connectivity index (χ1v) is 7.93. The Morgan fingerprint density at radius 1 is 1.22 bits per heavy atom. The molecular formula is C16H32N2. The lowest BCUT2D eigenvalue weighted by molar-refractivity contribution is 0.140. The number of hydrogen-bond acceptors (Lipinski definition) is 2. The van der Waals surface area contributed by atoms with E-state index >= 15 is 0 Å². The molecule has 18 heavy (non-hydrogen) atoms. The van der Waals surface area contributed by atoms with Gasteiger partial charge >= 0.3 is 0 Å². The van der Waals surface area contributed by atoms with Crippen LogP contribution in [0, 0.1) is 11.3 Å². The second-order valence-electron chi connectivity index (χ2n) is 7.69. The molecule has 3 unspecified atom stereocenters. The van der Waals surface area contributed by atoms with E-state index in [1.807, 2.05) is 0 Å². The molecular weight excluding hydrogens is 220 g/mol. The van der Waals surface area contributed by atoms with Crippen molar-refractivity contribution in [1.82, 2.24) is 10.2 Å². The Hall–Kier alpha value is -0.0800. The molecule has 3 atom stereocenters. The predicted octanol–water partition coefficient (Wildman–Crippen LogP) is 3.28. The zero-order valence-electron chi connectivity index (χ0n) is 12.8. The summed E-state index contributed by atoms with van der Waals surface area (Å²) in [5, 5.41) is 3.89. The van der Waals surface area contributed by atoms with Gasteiger partial charge in [-0.15, -0.1) is 0 Å². The third-order valence-corrected chi connectivity index (χ3v) is 4.64. The third-order valence-electron chi connectivity index (χ3n) is 4.64. The van der Waals surface area contributed by atoms with E-state index < -0.39 is 0 Å². The predicted molar refractivity (Wildman–Crippen MR) is 78.9 cm³/mol. The average molecular weight is 252 g/mol. The molecule has 2 rings (SSSR count). The first-order valence-electron chi connectivity index (χ1n) is 7.93. The maximum absolute atomic E-state index is 3.89. The topological polar surface area (TPSA) is 15.3 Å². The maximum atomic E-state index is 3.89. The molecule has 0 aromatic heterocycles. The first kappa shape index (κ1) is 14.3. The second-order valence-corrected chi connectivity index (χ2v) is 7.69. The van der Waals surface area contributed by atoms with Crippen LogP contribution in [-0.4, -0.2) is 36.6 Å². The van der Waals surface area contributed by atoms with Crippen LogP contribution < -0.4 is 5.32 Å². The van der Waals surface area contributed by atoms with Crippen LogP contribution in [0.1, 0.15) is 59.8 Å². The molecule has 2 aliphatic rings. The number of rotatable bonds is 4. The average Bonchev–Trinajstić information content (AvgIpc) is 2.66. The quantitative estimate of drug-likeness (QED) is 0.826. The number of likely N-dealkylation sites (tertiary alicyclic amines) is 1. The summed E-state index contributed by atoms with van der Waals surface area (Å²) in [7, 11) is 0. The largest absolute Gasteiger partial charge is 0.310 e. The highest BCUT2D eigenvalue weighted by molar-refractivity contribution is 4.88. The summed E-state index contributed by atoms with van der Waals surface area (Å²) in [6.07, 6.45) is 6.92. The summed E-state index contributed by atoms with van der Waals surface area (Å²) in [5.41, 5.74) is 0.530. The Bertz CT molecular complexity index is 256. The van der Waals surface area contributed by atoms with Gasteiger partial charge in [-0.25, -0.2) is 0 Å². The Labute approximate surface area is 114 Å². The van der Waals surface area contributed by atoms with Crippen molar-refractivity contribution in [3.05, 3.63) is 0 Å². The highest BCUT2D eigenvalue weighted by atomic mass is 15.2. The highest BCUT2D eigenvalue weighted by Crippen LogP contribution is 2.38. The Balaban J connectivity index is 1.77. The minimum Gasteiger partial charge on any atom is -0.310 e. The van der Waals surface area contributed by atoms with Crippen LogP contribution in [0.5, 0.6) is 0 Å². The summed E-state index contributed by atoms with van der Waals surface area (Å²) >= 11 is 0. The molecule has 2 fully saturated rings. The Morgan fingerprint density at radius 3 is 2.50 bits per heavy atom. The molecule has 1 saturated carbocycles. The van der Waals surface area contributed by atoms with E-state index in [2.05, 4.69) is 37.9 Å². The molecule has 0 radical (unpaired) electrons. The Morgan fingerprint density at radius 2 is 1.89 bits per heavy atom. The molecule has 0 spiro atoms. The molecule has 0 amide bonds. The fourth-order valence-corrected chi connectivity index (χ4v) is 4.28. The van der Waals surface area contributed by atoms with Crippen LogP contribution in [-0.2, 0) is 0 Å².